The van der Waals surface area contributed by atoms with Crippen LogP contribution in [0, 0.1) is 17.0 Å². The van der Waals surface area contributed by atoms with Gasteiger partial charge in [-0.3, -0.25) is 14.9 Å². The molecule has 4 rings (SSSR count). The van der Waals surface area contributed by atoms with Crippen LogP contribution in [0.1, 0.15) is 45.3 Å². The van der Waals surface area contributed by atoms with Crippen LogP contribution in [-0.4, -0.2) is 15.9 Å². The molecule has 0 bridgehead atoms. The van der Waals surface area contributed by atoms with E-state index in [-0.39, 0.29) is 41.7 Å². The summed E-state index contributed by atoms with van der Waals surface area (Å²) in [6.07, 6.45) is 0.352. The number of nitrogens with zero attached hydrogens (tertiary/aromatic N) is 2. The Hall–Kier alpha value is -4.26. The Labute approximate surface area is 197 Å². The lowest BCUT2D eigenvalue weighted by Crippen LogP contribution is -2.11. The molecular weight excluding hydrogens is 432 g/mol. The second-order valence-corrected chi connectivity index (χ2v) is 8.03. The summed E-state index contributed by atoms with van der Waals surface area (Å²) < 4.78 is 11.1. The van der Waals surface area contributed by atoms with Crippen LogP contribution in [0.4, 0.5) is 5.69 Å². The van der Waals surface area contributed by atoms with Crippen LogP contribution < -0.4 is 4.74 Å². The fraction of sp³-hybridized carbons (Fsp3) is 0.185. The zero-order valence-electron chi connectivity index (χ0n) is 18.7. The smallest absolute Gasteiger partial charge is 0.334 e. The summed E-state index contributed by atoms with van der Waals surface area (Å²) in [5, 5.41) is 15.3. The third kappa shape index (κ3) is 5.56. The van der Waals surface area contributed by atoms with Gasteiger partial charge in [0.1, 0.15) is 12.4 Å². The molecule has 172 valence electrons. The van der Waals surface area contributed by atoms with Crippen molar-refractivity contribution in [3.8, 4) is 5.75 Å². The summed E-state index contributed by atoms with van der Waals surface area (Å²) in [6, 6.07) is 26.3. The van der Waals surface area contributed by atoms with Gasteiger partial charge in [-0.25, -0.2) is 0 Å². The number of aromatic nitrogens is 1. The first-order valence-corrected chi connectivity index (χ1v) is 11.0. The van der Waals surface area contributed by atoms with Crippen LogP contribution in [-0.2, 0) is 13.0 Å². The van der Waals surface area contributed by atoms with Crippen molar-refractivity contribution in [3.63, 3.8) is 0 Å². The molecule has 0 aliphatic rings. The van der Waals surface area contributed by atoms with Crippen molar-refractivity contribution < 1.29 is 19.0 Å². The van der Waals surface area contributed by atoms with Crippen LogP contribution in [0.15, 0.2) is 89.5 Å². The number of ether oxygens (including phenoxy) is 1. The maximum absolute atomic E-state index is 13.0. The van der Waals surface area contributed by atoms with Gasteiger partial charge in [-0.2, -0.15) is 0 Å². The van der Waals surface area contributed by atoms with E-state index >= 15 is 0 Å². The van der Waals surface area contributed by atoms with Crippen molar-refractivity contribution in [1.29, 1.82) is 0 Å². The van der Waals surface area contributed by atoms with E-state index in [0.29, 0.717) is 17.9 Å². The summed E-state index contributed by atoms with van der Waals surface area (Å²) in [7, 11) is 0. The van der Waals surface area contributed by atoms with Crippen molar-refractivity contribution in [2.45, 2.75) is 32.3 Å². The second-order valence-electron chi connectivity index (χ2n) is 8.03. The molecule has 3 aromatic carbocycles. The minimum absolute atomic E-state index is 0.0473. The summed E-state index contributed by atoms with van der Waals surface area (Å²) in [4.78, 5) is 24.0. The molecule has 1 heterocycles. The SMILES string of the molecule is Cc1noc(C[C@@H](CC(=O)c2ccccc2)c2ccc(OCc3ccccc3)cc2)c1[N+](=O)[O-]. The number of nitro groups is 1. The number of hydrogen-bond donors (Lipinski definition) is 0. The van der Waals surface area contributed by atoms with E-state index in [0.717, 1.165) is 11.1 Å². The minimum Gasteiger partial charge on any atom is -0.489 e. The molecule has 1 aromatic heterocycles. The van der Waals surface area contributed by atoms with Gasteiger partial charge >= 0.3 is 5.69 Å². The van der Waals surface area contributed by atoms with E-state index in [9.17, 15) is 14.9 Å². The van der Waals surface area contributed by atoms with Crippen LogP contribution >= 0.6 is 0 Å². The predicted molar refractivity (Wildman–Crippen MR) is 127 cm³/mol. The fourth-order valence-corrected chi connectivity index (χ4v) is 3.85. The van der Waals surface area contributed by atoms with Crippen molar-refractivity contribution >= 4 is 11.5 Å². The topological polar surface area (TPSA) is 95.5 Å². The van der Waals surface area contributed by atoms with Crippen molar-refractivity contribution in [1.82, 2.24) is 5.16 Å². The molecule has 0 amide bonds. The largest absolute Gasteiger partial charge is 0.489 e. The molecule has 1 atom stereocenters. The number of ketones is 1. The molecule has 0 unspecified atom stereocenters. The lowest BCUT2D eigenvalue weighted by Gasteiger charge is -2.16. The molecular formula is C27H24N2O5. The molecule has 34 heavy (non-hydrogen) atoms. The van der Waals surface area contributed by atoms with Gasteiger partial charge in [-0.05, 0) is 36.1 Å². The van der Waals surface area contributed by atoms with Crippen LogP contribution in [0.2, 0.25) is 0 Å². The van der Waals surface area contributed by atoms with E-state index in [1.54, 1.807) is 12.1 Å². The van der Waals surface area contributed by atoms with Crippen molar-refractivity contribution in [3.05, 3.63) is 123 Å². The van der Waals surface area contributed by atoms with Gasteiger partial charge in [0, 0.05) is 18.4 Å². The normalized spacial score (nSPS) is 11.7. The molecule has 0 saturated carbocycles. The van der Waals surface area contributed by atoms with Gasteiger partial charge in [0.25, 0.3) is 0 Å². The minimum atomic E-state index is -0.488. The summed E-state index contributed by atoms with van der Waals surface area (Å²) in [5.41, 5.74) is 2.60. The van der Waals surface area contributed by atoms with Crippen LogP contribution in [0.5, 0.6) is 5.75 Å². The van der Waals surface area contributed by atoms with E-state index < -0.39 is 4.92 Å². The molecule has 0 radical (unpaired) electrons. The van der Waals surface area contributed by atoms with Gasteiger partial charge in [0.15, 0.2) is 11.5 Å². The maximum Gasteiger partial charge on any atom is 0.334 e. The van der Waals surface area contributed by atoms with E-state index in [1.165, 1.54) is 6.92 Å². The van der Waals surface area contributed by atoms with E-state index in [2.05, 4.69) is 5.16 Å². The Morgan fingerprint density at radius 3 is 2.29 bits per heavy atom. The van der Waals surface area contributed by atoms with Crippen LogP contribution in [0.3, 0.4) is 0 Å². The van der Waals surface area contributed by atoms with Gasteiger partial charge in [0.2, 0.25) is 5.76 Å². The number of carbonyl (C=O) groups excluding carboxylic acids is 1. The number of rotatable bonds is 10. The van der Waals surface area contributed by atoms with Crippen molar-refractivity contribution in [2.75, 3.05) is 0 Å². The molecule has 0 spiro atoms. The van der Waals surface area contributed by atoms with E-state index in [4.69, 9.17) is 9.26 Å². The quantitative estimate of drug-likeness (QED) is 0.163. The summed E-state index contributed by atoms with van der Waals surface area (Å²) >= 11 is 0. The summed E-state index contributed by atoms with van der Waals surface area (Å²) in [6.45, 7) is 1.98. The first kappa shape index (κ1) is 22.9. The maximum atomic E-state index is 13.0. The third-order valence-corrected chi connectivity index (χ3v) is 5.64. The van der Waals surface area contributed by atoms with E-state index in [1.807, 2.05) is 72.8 Å². The molecule has 0 aliphatic heterocycles. The van der Waals surface area contributed by atoms with Gasteiger partial charge in [-0.15, -0.1) is 0 Å². The number of aryl methyl sites for hydroxylation is 1. The molecule has 7 nitrogen and oxygen atoms in total. The Balaban J connectivity index is 1.55. The van der Waals surface area contributed by atoms with Gasteiger partial charge in [0.05, 0.1) is 4.92 Å². The number of carbonyl (C=O) groups is 1. The van der Waals surface area contributed by atoms with Crippen molar-refractivity contribution in [2.24, 2.45) is 0 Å². The Morgan fingerprint density at radius 2 is 1.65 bits per heavy atom. The molecule has 0 fully saturated rings. The Bertz CT molecular complexity index is 1250. The molecule has 4 aromatic rings. The van der Waals surface area contributed by atoms with Gasteiger partial charge < -0.3 is 9.26 Å². The molecule has 0 saturated heterocycles. The molecule has 7 heteroatoms. The zero-order chi connectivity index (χ0) is 23.9. The third-order valence-electron chi connectivity index (χ3n) is 5.64. The monoisotopic (exact) mass is 456 g/mol. The first-order chi connectivity index (χ1) is 16.5. The zero-order valence-corrected chi connectivity index (χ0v) is 18.7. The number of Topliss-reactive ketones (excluding diaryl/α,β-unsaturated/α-hetero) is 1. The molecule has 0 N–H and O–H groups in total. The Morgan fingerprint density at radius 1 is 1.00 bits per heavy atom. The Kier molecular flexibility index (Phi) is 7.13. The molecule has 0 aliphatic carbocycles. The number of hydrogen-bond acceptors (Lipinski definition) is 6. The predicted octanol–water partition coefficient (Wildman–Crippen LogP) is 6.07. The van der Waals surface area contributed by atoms with Gasteiger partial charge in [-0.1, -0.05) is 78.0 Å². The van der Waals surface area contributed by atoms with Crippen LogP contribution in [0.25, 0.3) is 0 Å². The standard InChI is InChI=1S/C27H24N2O5/c1-19-27(29(31)32)26(34-28-19)17-23(16-25(30)22-10-6-3-7-11-22)21-12-14-24(15-13-21)33-18-20-8-4-2-5-9-20/h2-15,23H,16-18H2,1H3/t23-/m1/s1. The highest BCUT2D eigenvalue weighted by Crippen LogP contribution is 2.32. The average Bonchev–Trinajstić information content (AvgIpc) is 3.24. The highest BCUT2D eigenvalue weighted by Gasteiger charge is 2.28. The first-order valence-electron chi connectivity index (χ1n) is 11.0. The number of benzene rings is 3. The fourth-order valence-electron chi connectivity index (χ4n) is 3.85. The highest BCUT2D eigenvalue weighted by atomic mass is 16.6. The summed E-state index contributed by atoms with van der Waals surface area (Å²) in [5.74, 6) is 0.482. The second kappa shape index (κ2) is 10.6. The lowest BCUT2D eigenvalue weighted by atomic mass is 9.88. The average molecular weight is 456 g/mol. The highest BCUT2D eigenvalue weighted by molar-refractivity contribution is 5.96. The lowest BCUT2D eigenvalue weighted by molar-refractivity contribution is -0.386.